The minimum Gasteiger partial charge on any atom is -0.496 e. The lowest BCUT2D eigenvalue weighted by Gasteiger charge is -2.09. The summed E-state index contributed by atoms with van der Waals surface area (Å²) in [5, 5.41) is 8.71. The molecule has 0 aromatic heterocycles. The summed E-state index contributed by atoms with van der Waals surface area (Å²) < 4.78 is 36.1. The molecule has 1 N–H and O–H groups in total. The topological polar surface area (TPSA) is 123 Å². The van der Waals surface area contributed by atoms with Crippen molar-refractivity contribution in [3.05, 3.63) is 59.7 Å². The van der Waals surface area contributed by atoms with Gasteiger partial charge in [0.2, 0.25) is 15.8 Å². The first kappa shape index (κ1) is 20.1. The number of benzene rings is 2. The van der Waals surface area contributed by atoms with E-state index in [1.807, 2.05) is 6.07 Å². The number of ether oxygens (including phenoxy) is 2. The molecule has 0 aliphatic heterocycles. The predicted molar refractivity (Wildman–Crippen MR) is 94.6 cm³/mol. The number of Topliss-reactive ketones (excluding diaryl/α,β-unsaturated/α-hetero) is 1. The first-order valence-electron chi connectivity index (χ1n) is 7.69. The Kier molecular flexibility index (Phi) is 6.65. The van der Waals surface area contributed by atoms with E-state index < -0.39 is 34.9 Å². The number of esters is 1. The Morgan fingerprint density at radius 1 is 1.11 bits per heavy atom. The molecule has 2 aromatic carbocycles. The lowest BCUT2D eigenvalue weighted by atomic mass is 10.1. The third kappa shape index (κ3) is 5.37. The van der Waals surface area contributed by atoms with Gasteiger partial charge in [0, 0.05) is 0 Å². The molecular formula is C18H16N2O6S. The standard InChI is InChI=1S/C18H16N2O6S/c1-25-17-5-3-2-4-15(17)16(21)12-26-18(22)11-20-27(23,24)14-8-6-13(10-19)7-9-14/h2-9,20H,11-12H2,1H3. The van der Waals surface area contributed by atoms with Crippen molar-refractivity contribution in [3.63, 3.8) is 0 Å². The smallest absolute Gasteiger partial charge is 0.321 e. The van der Waals surface area contributed by atoms with Gasteiger partial charge in [0.25, 0.3) is 0 Å². The lowest BCUT2D eigenvalue weighted by Crippen LogP contribution is -2.31. The van der Waals surface area contributed by atoms with Crippen LogP contribution in [0.1, 0.15) is 15.9 Å². The van der Waals surface area contributed by atoms with E-state index in [4.69, 9.17) is 14.7 Å². The number of nitriles is 1. The van der Waals surface area contributed by atoms with Crippen molar-refractivity contribution in [2.24, 2.45) is 0 Å². The van der Waals surface area contributed by atoms with E-state index in [9.17, 15) is 18.0 Å². The summed E-state index contributed by atoms with van der Waals surface area (Å²) in [6, 6.07) is 13.5. The number of rotatable bonds is 8. The van der Waals surface area contributed by atoms with E-state index in [1.165, 1.54) is 37.4 Å². The number of nitrogens with zero attached hydrogens (tertiary/aromatic N) is 1. The Morgan fingerprint density at radius 3 is 2.41 bits per heavy atom. The van der Waals surface area contributed by atoms with Crippen LogP contribution in [-0.4, -0.2) is 40.4 Å². The van der Waals surface area contributed by atoms with E-state index in [2.05, 4.69) is 4.72 Å². The average molecular weight is 388 g/mol. The first-order valence-corrected chi connectivity index (χ1v) is 9.17. The molecule has 0 radical (unpaired) electrons. The van der Waals surface area contributed by atoms with Crippen molar-refractivity contribution in [1.29, 1.82) is 5.26 Å². The Balaban J connectivity index is 1.90. The van der Waals surface area contributed by atoms with Crippen LogP contribution in [0.5, 0.6) is 5.75 Å². The van der Waals surface area contributed by atoms with Crippen LogP contribution in [-0.2, 0) is 19.6 Å². The summed E-state index contributed by atoms with van der Waals surface area (Å²) in [6.45, 7) is -1.18. The second-order valence-corrected chi connectivity index (χ2v) is 7.01. The van der Waals surface area contributed by atoms with Crippen LogP contribution >= 0.6 is 0 Å². The number of methoxy groups -OCH3 is 1. The van der Waals surface area contributed by atoms with Crippen molar-refractivity contribution in [3.8, 4) is 11.8 Å². The zero-order valence-corrected chi connectivity index (χ0v) is 15.2. The van der Waals surface area contributed by atoms with Crippen LogP contribution < -0.4 is 9.46 Å². The van der Waals surface area contributed by atoms with Crippen LogP contribution in [0.2, 0.25) is 0 Å². The van der Waals surface area contributed by atoms with Gasteiger partial charge in [0.15, 0.2) is 6.61 Å². The summed E-state index contributed by atoms with van der Waals surface area (Å²) in [5.41, 5.74) is 0.564. The van der Waals surface area contributed by atoms with E-state index in [0.29, 0.717) is 11.3 Å². The molecule has 0 spiro atoms. The van der Waals surface area contributed by atoms with Crippen molar-refractivity contribution >= 4 is 21.8 Å². The van der Waals surface area contributed by atoms with E-state index in [-0.39, 0.29) is 10.5 Å². The quantitative estimate of drug-likeness (QED) is 0.534. The Bertz CT molecular complexity index is 978. The monoisotopic (exact) mass is 388 g/mol. The molecule has 0 atom stereocenters. The largest absolute Gasteiger partial charge is 0.496 e. The highest BCUT2D eigenvalue weighted by Crippen LogP contribution is 2.17. The van der Waals surface area contributed by atoms with Crippen LogP contribution in [0, 0.1) is 11.3 Å². The van der Waals surface area contributed by atoms with Gasteiger partial charge in [-0.15, -0.1) is 0 Å². The number of sulfonamides is 1. The molecule has 0 aliphatic rings. The molecule has 2 aromatic rings. The second kappa shape index (κ2) is 8.93. The van der Waals surface area contributed by atoms with E-state index in [0.717, 1.165) is 0 Å². The number of carbonyl (C=O) groups excluding carboxylic acids is 2. The number of hydrogen-bond donors (Lipinski definition) is 1. The van der Waals surface area contributed by atoms with Crippen molar-refractivity contribution in [2.75, 3.05) is 20.3 Å². The molecule has 0 saturated carbocycles. The maximum atomic E-state index is 12.1. The predicted octanol–water partition coefficient (Wildman–Crippen LogP) is 1.27. The van der Waals surface area contributed by atoms with E-state index >= 15 is 0 Å². The van der Waals surface area contributed by atoms with Gasteiger partial charge < -0.3 is 9.47 Å². The molecule has 0 amide bonds. The van der Waals surface area contributed by atoms with Gasteiger partial charge in [-0.3, -0.25) is 9.59 Å². The van der Waals surface area contributed by atoms with Gasteiger partial charge in [-0.2, -0.15) is 9.98 Å². The highest BCUT2D eigenvalue weighted by molar-refractivity contribution is 7.89. The van der Waals surface area contributed by atoms with Crippen molar-refractivity contribution in [2.45, 2.75) is 4.90 Å². The van der Waals surface area contributed by atoms with Gasteiger partial charge in [0.1, 0.15) is 12.3 Å². The number of carbonyl (C=O) groups is 2. The average Bonchev–Trinajstić information content (AvgIpc) is 2.70. The summed E-state index contributed by atoms with van der Waals surface area (Å²) in [7, 11) is -2.53. The minimum absolute atomic E-state index is 0.0978. The first-order chi connectivity index (χ1) is 12.9. The zero-order valence-electron chi connectivity index (χ0n) is 14.3. The Morgan fingerprint density at radius 2 is 1.78 bits per heavy atom. The van der Waals surface area contributed by atoms with Crippen LogP contribution in [0.25, 0.3) is 0 Å². The molecule has 0 bridgehead atoms. The number of para-hydroxylation sites is 1. The maximum Gasteiger partial charge on any atom is 0.321 e. The summed E-state index contributed by atoms with van der Waals surface area (Å²) in [6.07, 6.45) is 0. The van der Waals surface area contributed by atoms with Crippen molar-refractivity contribution in [1.82, 2.24) is 4.72 Å². The molecule has 9 heteroatoms. The van der Waals surface area contributed by atoms with Gasteiger partial charge >= 0.3 is 5.97 Å². The maximum absolute atomic E-state index is 12.1. The molecule has 0 saturated heterocycles. The summed E-state index contributed by atoms with van der Waals surface area (Å²) in [4.78, 5) is 23.7. The normalized spacial score (nSPS) is 10.7. The third-order valence-corrected chi connectivity index (χ3v) is 4.89. The molecule has 0 fully saturated rings. The second-order valence-electron chi connectivity index (χ2n) is 5.24. The molecule has 27 heavy (non-hydrogen) atoms. The van der Waals surface area contributed by atoms with Crippen LogP contribution in [0.3, 0.4) is 0 Å². The molecule has 0 aliphatic carbocycles. The fourth-order valence-electron chi connectivity index (χ4n) is 2.10. The highest BCUT2D eigenvalue weighted by Gasteiger charge is 2.18. The Hall–Kier alpha value is -3.22. The number of ketones is 1. The van der Waals surface area contributed by atoms with Gasteiger partial charge in [-0.25, -0.2) is 8.42 Å². The molecule has 8 nitrogen and oxygen atoms in total. The van der Waals surface area contributed by atoms with Crippen LogP contribution in [0.15, 0.2) is 53.4 Å². The highest BCUT2D eigenvalue weighted by atomic mass is 32.2. The molecular weight excluding hydrogens is 372 g/mol. The van der Waals surface area contributed by atoms with Crippen LogP contribution in [0.4, 0.5) is 0 Å². The number of hydrogen-bond acceptors (Lipinski definition) is 7. The number of nitrogens with one attached hydrogen (secondary N) is 1. The molecule has 2 rings (SSSR count). The SMILES string of the molecule is COc1ccccc1C(=O)COC(=O)CNS(=O)(=O)c1ccc(C#N)cc1. The fourth-order valence-corrected chi connectivity index (χ4v) is 3.06. The molecule has 0 heterocycles. The zero-order chi connectivity index (χ0) is 19.9. The lowest BCUT2D eigenvalue weighted by molar-refractivity contribution is -0.141. The Labute approximate surface area is 156 Å². The van der Waals surface area contributed by atoms with E-state index in [1.54, 1.807) is 18.2 Å². The van der Waals surface area contributed by atoms with Crippen molar-refractivity contribution < 1.29 is 27.5 Å². The molecule has 0 unspecified atom stereocenters. The molecule has 140 valence electrons. The van der Waals surface area contributed by atoms with Gasteiger partial charge in [-0.05, 0) is 36.4 Å². The van der Waals surface area contributed by atoms with Gasteiger partial charge in [0.05, 0.1) is 29.2 Å². The summed E-state index contributed by atoms with van der Waals surface area (Å²) >= 11 is 0. The summed E-state index contributed by atoms with van der Waals surface area (Å²) in [5.74, 6) is -1.04. The minimum atomic E-state index is -3.95. The van der Waals surface area contributed by atoms with Gasteiger partial charge in [-0.1, -0.05) is 12.1 Å². The fraction of sp³-hybridized carbons (Fsp3) is 0.167. The third-order valence-electron chi connectivity index (χ3n) is 3.47.